The number of para-hydroxylation sites is 1. The van der Waals surface area contributed by atoms with E-state index >= 15 is 0 Å². The molecule has 0 bridgehead atoms. The molecule has 3 aromatic rings. The summed E-state index contributed by atoms with van der Waals surface area (Å²) in [4.78, 5) is 33.5. The Morgan fingerprint density at radius 2 is 1.82 bits per heavy atom. The number of amides is 2. The summed E-state index contributed by atoms with van der Waals surface area (Å²) in [7, 11) is 3.44. The highest BCUT2D eigenvalue weighted by atomic mass is 35.5. The molecule has 9 nitrogen and oxygen atoms in total. The number of hydrogen-bond acceptors (Lipinski definition) is 7. The van der Waals surface area contributed by atoms with Gasteiger partial charge in [-0.1, -0.05) is 29.8 Å². The normalized spacial score (nSPS) is 11.4. The van der Waals surface area contributed by atoms with Gasteiger partial charge < -0.3 is 26.7 Å². The second-order valence-electron chi connectivity index (χ2n) is 7.11. The lowest BCUT2D eigenvalue weighted by Gasteiger charge is -2.16. The Hall–Kier alpha value is -3.82. The lowest BCUT2D eigenvalue weighted by atomic mass is 10.0. The Kier molecular flexibility index (Phi) is 7.70. The summed E-state index contributed by atoms with van der Waals surface area (Å²) in [5.41, 5.74) is 3.05. The van der Waals surface area contributed by atoms with E-state index in [2.05, 4.69) is 31.2 Å². The number of aromatic nitrogens is 2. The summed E-state index contributed by atoms with van der Waals surface area (Å²) in [5, 5.41) is 19.6. The molecule has 0 spiro atoms. The number of benzene rings is 1. The first-order chi connectivity index (χ1) is 15.9. The third-order valence-corrected chi connectivity index (χ3v) is 5.14. The maximum atomic E-state index is 12.7. The second kappa shape index (κ2) is 10.7. The number of nitrogens with zero attached hydrogens (tertiary/aromatic N) is 2. The average molecular weight is 466 g/mol. The van der Waals surface area contributed by atoms with Crippen molar-refractivity contribution in [2.45, 2.75) is 13.0 Å². The Morgan fingerprint density at radius 3 is 2.42 bits per heavy atom. The molecule has 2 amide bonds. The summed E-state index contributed by atoms with van der Waals surface area (Å²) in [5.74, 6) is -0.259. The molecule has 0 saturated carbocycles. The SMILES string of the molecule is CNc1c(C=N)cccc1-c1cc(NC(=O)c2ccc(Cl)cn2)nc(NC(=O)C(C)NC)c1. The van der Waals surface area contributed by atoms with Gasteiger partial charge in [-0.05, 0) is 43.8 Å². The molecule has 2 heterocycles. The molecular formula is C23H24ClN7O2. The number of halogens is 1. The topological polar surface area (TPSA) is 132 Å². The molecule has 1 unspecified atom stereocenters. The molecule has 170 valence electrons. The third-order valence-electron chi connectivity index (χ3n) is 4.92. The summed E-state index contributed by atoms with van der Waals surface area (Å²) in [6.07, 6.45) is 2.63. The van der Waals surface area contributed by atoms with Gasteiger partial charge in [0.05, 0.1) is 16.8 Å². The zero-order valence-electron chi connectivity index (χ0n) is 18.4. The molecule has 5 N–H and O–H groups in total. The number of carbonyl (C=O) groups excluding carboxylic acids is 2. The minimum atomic E-state index is -0.473. The highest BCUT2D eigenvalue weighted by molar-refractivity contribution is 6.30. The van der Waals surface area contributed by atoms with Crippen LogP contribution in [-0.4, -0.2) is 48.1 Å². The third kappa shape index (κ3) is 5.71. The van der Waals surface area contributed by atoms with Gasteiger partial charge >= 0.3 is 0 Å². The number of nitrogens with one attached hydrogen (secondary N) is 5. The van der Waals surface area contributed by atoms with Crippen molar-refractivity contribution in [3.63, 3.8) is 0 Å². The van der Waals surface area contributed by atoms with Crippen LogP contribution in [0.25, 0.3) is 11.1 Å². The molecule has 0 aliphatic heterocycles. The van der Waals surface area contributed by atoms with E-state index in [1.54, 1.807) is 39.2 Å². The molecule has 0 fully saturated rings. The van der Waals surface area contributed by atoms with Gasteiger partial charge in [0, 0.05) is 30.6 Å². The first-order valence-corrected chi connectivity index (χ1v) is 10.5. The number of hydrogen-bond donors (Lipinski definition) is 5. The van der Waals surface area contributed by atoms with E-state index in [-0.39, 0.29) is 23.2 Å². The molecule has 0 aliphatic rings. The van der Waals surface area contributed by atoms with Crippen LogP contribution >= 0.6 is 11.6 Å². The smallest absolute Gasteiger partial charge is 0.275 e. The number of carbonyl (C=O) groups is 2. The first-order valence-electron chi connectivity index (χ1n) is 10.1. The first kappa shape index (κ1) is 23.8. The van der Waals surface area contributed by atoms with Crippen molar-refractivity contribution < 1.29 is 9.59 Å². The van der Waals surface area contributed by atoms with Crippen molar-refractivity contribution in [2.24, 2.45) is 0 Å². The van der Waals surface area contributed by atoms with Crippen molar-refractivity contribution >= 4 is 47.0 Å². The Balaban J connectivity index is 2.05. The van der Waals surface area contributed by atoms with Gasteiger partial charge in [0.1, 0.15) is 17.3 Å². The van der Waals surface area contributed by atoms with Crippen LogP contribution in [0.5, 0.6) is 0 Å². The molecule has 3 rings (SSSR count). The molecule has 10 heteroatoms. The van der Waals surface area contributed by atoms with Gasteiger partial charge in [0.2, 0.25) is 5.91 Å². The van der Waals surface area contributed by atoms with E-state index in [1.165, 1.54) is 18.5 Å². The number of likely N-dealkylation sites (N-methyl/N-ethyl adjacent to an activating group) is 1. The monoisotopic (exact) mass is 465 g/mol. The maximum absolute atomic E-state index is 12.7. The lowest BCUT2D eigenvalue weighted by molar-refractivity contribution is -0.117. The predicted molar refractivity (Wildman–Crippen MR) is 131 cm³/mol. The molecule has 0 aliphatic carbocycles. The molecule has 2 aromatic heterocycles. The largest absolute Gasteiger partial charge is 0.387 e. The molecule has 1 atom stereocenters. The van der Waals surface area contributed by atoms with Gasteiger partial charge in [0.15, 0.2) is 0 Å². The second-order valence-corrected chi connectivity index (χ2v) is 7.54. The molecule has 0 radical (unpaired) electrons. The van der Waals surface area contributed by atoms with Gasteiger partial charge in [0.25, 0.3) is 5.91 Å². The Labute approximate surface area is 196 Å². The summed E-state index contributed by atoms with van der Waals surface area (Å²) >= 11 is 5.85. The summed E-state index contributed by atoms with van der Waals surface area (Å²) < 4.78 is 0. The van der Waals surface area contributed by atoms with Crippen molar-refractivity contribution in [3.8, 4) is 11.1 Å². The van der Waals surface area contributed by atoms with Crippen molar-refractivity contribution in [1.82, 2.24) is 15.3 Å². The van der Waals surface area contributed by atoms with Crippen LogP contribution in [0, 0.1) is 5.41 Å². The molecule has 33 heavy (non-hydrogen) atoms. The average Bonchev–Trinajstić information content (AvgIpc) is 2.82. The predicted octanol–water partition coefficient (Wildman–Crippen LogP) is 3.64. The van der Waals surface area contributed by atoms with Crippen LogP contribution in [0.1, 0.15) is 23.0 Å². The van der Waals surface area contributed by atoms with Crippen LogP contribution in [0.2, 0.25) is 5.02 Å². The molecule has 0 saturated heterocycles. The highest BCUT2D eigenvalue weighted by Crippen LogP contribution is 2.33. The quantitative estimate of drug-likeness (QED) is 0.323. The van der Waals surface area contributed by atoms with Gasteiger partial charge in [-0.2, -0.15) is 0 Å². The van der Waals surface area contributed by atoms with Crippen LogP contribution in [0.15, 0.2) is 48.7 Å². The minimum Gasteiger partial charge on any atom is -0.387 e. The van der Waals surface area contributed by atoms with Crippen molar-refractivity contribution in [1.29, 1.82) is 5.41 Å². The fourth-order valence-corrected chi connectivity index (χ4v) is 3.19. The molecular weight excluding hydrogens is 442 g/mol. The molecule has 1 aromatic carbocycles. The zero-order valence-corrected chi connectivity index (χ0v) is 19.1. The lowest BCUT2D eigenvalue weighted by Crippen LogP contribution is -2.35. The zero-order chi connectivity index (χ0) is 24.0. The van der Waals surface area contributed by atoms with Crippen molar-refractivity contribution in [2.75, 3.05) is 30.0 Å². The Bertz CT molecular complexity index is 1180. The van der Waals surface area contributed by atoms with E-state index in [0.29, 0.717) is 16.1 Å². The van der Waals surface area contributed by atoms with Gasteiger partial charge in [-0.25, -0.2) is 9.97 Å². The Morgan fingerprint density at radius 1 is 1.09 bits per heavy atom. The minimum absolute atomic E-state index is 0.169. The summed E-state index contributed by atoms with van der Waals surface area (Å²) in [6.45, 7) is 1.72. The number of anilines is 3. The van der Waals surface area contributed by atoms with Crippen molar-refractivity contribution in [3.05, 3.63) is 64.9 Å². The summed E-state index contributed by atoms with van der Waals surface area (Å²) in [6, 6.07) is 11.5. The van der Waals surface area contributed by atoms with E-state index in [4.69, 9.17) is 17.0 Å². The van der Waals surface area contributed by atoms with E-state index in [0.717, 1.165) is 11.3 Å². The number of rotatable bonds is 8. The van der Waals surface area contributed by atoms with E-state index < -0.39 is 11.9 Å². The van der Waals surface area contributed by atoms with Crippen LogP contribution in [0.3, 0.4) is 0 Å². The fourth-order valence-electron chi connectivity index (χ4n) is 3.08. The van der Waals surface area contributed by atoms with Crippen LogP contribution < -0.4 is 21.3 Å². The van der Waals surface area contributed by atoms with E-state index in [9.17, 15) is 9.59 Å². The highest BCUT2D eigenvalue weighted by Gasteiger charge is 2.16. The van der Waals surface area contributed by atoms with Gasteiger partial charge in [-0.15, -0.1) is 0 Å². The fraction of sp³-hybridized carbons (Fsp3) is 0.174. The standard InChI is InChI=1S/C23H24ClN7O2/c1-13(26-2)22(32)30-19-9-15(17-6-4-5-14(11-25)21(17)27-3)10-20(29-19)31-23(33)18-8-7-16(24)12-28-18/h4-13,25-27H,1-3H3,(H2,29,30,31,32,33). The van der Waals surface area contributed by atoms with Crippen LogP contribution in [0.4, 0.5) is 17.3 Å². The maximum Gasteiger partial charge on any atom is 0.275 e. The van der Waals surface area contributed by atoms with Crippen LogP contribution in [-0.2, 0) is 4.79 Å². The number of pyridine rings is 2. The van der Waals surface area contributed by atoms with E-state index in [1.807, 2.05) is 18.2 Å². The van der Waals surface area contributed by atoms with Gasteiger partial charge in [-0.3, -0.25) is 9.59 Å².